The third-order valence-electron chi connectivity index (χ3n) is 4.29. The first-order valence-electron chi connectivity index (χ1n) is 8.13. The van der Waals surface area contributed by atoms with Crippen LogP contribution in [-0.2, 0) is 7.05 Å². The molecule has 2 N–H and O–H groups in total. The monoisotopic (exact) mass is 422 g/mol. The predicted molar refractivity (Wildman–Crippen MR) is 103 cm³/mol. The van der Waals surface area contributed by atoms with Gasteiger partial charge in [-0.05, 0) is 35.0 Å². The molecule has 1 atom stereocenters. The van der Waals surface area contributed by atoms with Gasteiger partial charge >= 0.3 is 0 Å². The van der Waals surface area contributed by atoms with E-state index in [1.165, 1.54) is 10.6 Å². The van der Waals surface area contributed by atoms with Crippen molar-refractivity contribution < 1.29 is 4.92 Å². The Morgan fingerprint density at radius 1 is 1.46 bits per heavy atom. The Bertz CT molecular complexity index is 900. The molecule has 1 saturated heterocycles. The van der Waals surface area contributed by atoms with Crippen molar-refractivity contribution in [2.75, 3.05) is 29.9 Å². The van der Waals surface area contributed by atoms with Crippen LogP contribution in [0.2, 0.25) is 0 Å². The molecule has 26 heavy (non-hydrogen) atoms. The molecule has 3 rings (SSSR count). The lowest BCUT2D eigenvalue weighted by molar-refractivity contribution is -0.384. The van der Waals surface area contributed by atoms with Gasteiger partial charge in [0.1, 0.15) is 10.3 Å². The first-order valence-corrected chi connectivity index (χ1v) is 8.92. The van der Waals surface area contributed by atoms with Gasteiger partial charge in [0.15, 0.2) is 5.82 Å². The van der Waals surface area contributed by atoms with Crippen LogP contribution >= 0.6 is 15.9 Å². The maximum absolute atomic E-state index is 12.2. The molecule has 0 aliphatic carbocycles. The number of nitro groups is 1. The molecular weight excluding hydrogens is 404 g/mol. The second-order valence-corrected chi connectivity index (χ2v) is 6.97. The van der Waals surface area contributed by atoms with E-state index in [4.69, 9.17) is 0 Å². The van der Waals surface area contributed by atoms with E-state index in [0.29, 0.717) is 22.5 Å². The van der Waals surface area contributed by atoms with E-state index >= 15 is 0 Å². The van der Waals surface area contributed by atoms with Crippen molar-refractivity contribution in [1.82, 2.24) is 14.9 Å². The van der Waals surface area contributed by atoms with Crippen LogP contribution < -0.4 is 21.1 Å². The molecule has 0 saturated carbocycles. The summed E-state index contributed by atoms with van der Waals surface area (Å²) in [6, 6.07) is 5.02. The Labute approximate surface area is 158 Å². The SMILES string of the molecule is C[C@H]1CNCCN1c1ccc(Nc2nc(Br)cn(C)c2=O)cc1[N+](=O)[O-]. The zero-order valence-corrected chi connectivity index (χ0v) is 16.0. The number of piperazine rings is 1. The lowest BCUT2D eigenvalue weighted by Gasteiger charge is -2.35. The van der Waals surface area contributed by atoms with Crippen LogP contribution in [0.1, 0.15) is 6.92 Å². The quantitative estimate of drug-likeness (QED) is 0.573. The van der Waals surface area contributed by atoms with Crippen molar-refractivity contribution in [3.05, 3.63) is 49.5 Å². The molecule has 1 aliphatic heterocycles. The predicted octanol–water partition coefficient (Wildman–Crippen LogP) is 1.99. The van der Waals surface area contributed by atoms with E-state index < -0.39 is 4.92 Å². The highest BCUT2D eigenvalue weighted by Crippen LogP contribution is 2.33. The maximum atomic E-state index is 12.2. The van der Waals surface area contributed by atoms with Crippen LogP contribution in [0.3, 0.4) is 0 Å². The molecule has 0 amide bonds. The number of benzene rings is 1. The topological polar surface area (TPSA) is 105 Å². The number of aromatic nitrogens is 2. The highest BCUT2D eigenvalue weighted by Gasteiger charge is 2.26. The fraction of sp³-hybridized carbons (Fsp3) is 0.375. The molecule has 0 unspecified atom stereocenters. The molecule has 0 bridgehead atoms. The van der Waals surface area contributed by atoms with Crippen molar-refractivity contribution >= 4 is 38.8 Å². The Morgan fingerprint density at radius 2 is 2.23 bits per heavy atom. The molecule has 10 heteroatoms. The van der Waals surface area contributed by atoms with Gasteiger partial charge in [-0.2, -0.15) is 0 Å². The van der Waals surface area contributed by atoms with E-state index in [2.05, 4.69) is 31.5 Å². The zero-order chi connectivity index (χ0) is 18.8. The van der Waals surface area contributed by atoms with Crippen LogP contribution in [-0.4, -0.2) is 40.2 Å². The maximum Gasteiger partial charge on any atom is 0.294 e. The third-order valence-corrected chi connectivity index (χ3v) is 4.67. The third kappa shape index (κ3) is 3.70. The summed E-state index contributed by atoms with van der Waals surface area (Å²) < 4.78 is 1.87. The van der Waals surface area contributed by atoms with Gasteiger partial charge < -0.3 is 20.1 Å². The largest absolute Gasteiger partial charge is 0.361 e. The molecule has 0 radical (unpaired) electrons. The van der Waals surface area contributed by atoms with Crippen molar-refractivity contribution in [2.45, 2.75) is 13.0 Å². The van der Waals surface area contributed by atoms with Gasteiger partial charge in [0.2, 0.25) is 0 Å². The molecule has 1 fully saturated rings. The van der Waals surface area contributed by atoms with Crippen LogP contribution in [0.5, 0.6) is 0 Å². The summed E-state index contributed by atoms with van der Waals surface area (Å²) in [6.07, 6.45) is 1.55. The van der Waals surface area contributed by atoms with E-state index in [0.717, 1.165) is 13.1 Å². The number of nitrogens with zero attached hydrogens (tertiary/aromatic N) is 4. The Balaban J connectivity index is 1.97. The van der Waals surface area contributed by atoms with Gasteiger partial charge in [-0.1, -0.05) is 0 Å². The second kappa shape index (κ2) is 7.42. The first kappa shape index (κ1) is 18.3. The van der Waals surface area contributed by atoms with Crippen molar-refractivity contribution in [1.29, 1.82) is 0 Å². The molecule has 1 aromatic heterocycles. The van der Waals surface area contributed by atoms with Crippen LogP contribution in [0.4, 0.5) is 22.9 Å². The van der Waals surface area contributed by atoms with Crippen molar-refractivity contribution in [3.8, 4) is 0 Å². The summed E-state index contributed by atoms with van der Waals surface area (Å²) >= 11 is 3.24. The Hall–Kier alpha value is -2.46. The van der Waals surface area contributed by atoms with E-state index in [-0.39, 0.29) is 23.1 Å². The van der Waals surface area contributed by atoms with E-state index in [1.54, 1.807) is 25.4 Å². The second-order valence-electron chi connectivity index (χ2n) is 6.16. The minimum atomic E-state index is -0.401. The summed E-state index contributed by atoms with van der Waals surface area (Å²) in [7, 11) is 1.61. The number of rotatable bonds is 4. The fourth-order valence-corrected chi connectivity index (χ4v) is 3.46. The average Bonchev–Trinajstić information content (AvgIpc) is 2.60. The molecule has 1 aliphatic rings. The number of hydrogen-bond acceptors (Lipinski definition) is 7. The molecule has 2 aromatic rings. The summed E-state index contributed by atoms with van der Waals surface area (Å²) in [4.78, 5) is 29.5. The highest BCUT2D eigenvalue weighted by atomic mass is 79.9. The molecule has 0 spiro atoms. The van der Waals surface area contributed by atoms with Gasteiger partial charge in [0.25, 0.3) is 11.2 Å². The molecule has 2 heterocycles. The smallest absolute Gasteiger partial charge is 0.294 e. The molecule has 9 nitrogen and oxygen atoms in total. The van der Waals surface area contributed by atoms with Gasteiger partial charge in [0, 0.05) is 50.7 Å². The van der Waals surface area contributed by atoms with E-state index in [9.17, 15) is 14.9 Å². The summed E-state index contributed by atoms with van der Waals surface area (Å²) in [5.41, 5.74) is 0.682. The van der Waals surface area contributed by atoms with Crippen LogP contribution in [0, 0.1) is 10.1 Å². The lowest BCUT2D eigenvalue weighted by Crippen LogP contribution is -2.50. The number of aryl methyl sites for hydroxylation is 1. The molecule has 138 valence electrons. The number of hydrogen-bond donors (Lipinski definition) is 2. The van der Waals surface area contributed by atoms with Gasteiger partial charge in [-0.3, -0.25) is 14.9 Å². The Kier molecular flexibility index (Phi) is 5.23. The summed E-state index contributed by atoms with van der Waals surface area (Å²) in [6.45, 7) is 4.27. The van der Waals surface area contributed by atoms with Crippen molar-refractivity contribution in [2.24, 2.45) is 7.05 Å². The lowest BCUT2D eigenvalue weighted by atomic mass is 10.1. The number of halogens is 1. The standard InChI is InChI=1S/C16H19BrN6O3/c1-10-8-18-5-6-22(10)12-4-3-11(7-13(12)23(25)26)19-15-16(24)21(2)9-14(17)20-15/h3-4,7,9-10,18H,5-6,8H2,1-2H3,(H,19,20)/t10-/m0/s1. The molecule has 1 aromatic carbocycles. The number of anilines is 3. The zero-order valence-electron chi connectivity index (χ0n) is 14.4. The number of nitrogens with one attached hydrogen (secondary N) is 2. The average molecular weight is 423 g/mol. The van der Waals surface area contributed by atoms with Gasteiger partial charge in [-0.25, -0.2) is 4.98 Å². The minimum absolute atomic E-state index is 0.00410. The minimum Gasteiger partial charge on any atom is -0.361 e. The van der Waals surface area contributed by atoms with Crippen molar-refractivity contribution in [3.63, 3.8) is 0 Å². The summed E-state index contributed by atoms with van der Waals surface area (Å²) in [5.74, 6) is 0.0967. The van der Waals surface area contributed by atoms with Gasteiger partial charge in [0.05, 0.1) is 4.92 Å². The normalized spacial score (nSPS) is 17.2. The van der Waals surface area contributed by atoms with Crippen LogP contribution in [0.15, 0.2) is 33.8 Å². The first-order chi connectivity index (χ1) is 12.4. The number of nitro benzene ring substituents is 1. The fourth-order valence-electron chi connectivity index (χ4n) is 2.98. The molecular formula is C16H19BrN6O3. The van der Waals surface area contributed by atoms with E-state index in [1.807, 2.05) is 11.8 Å². The van der Waals surface area contributed by atoms with Gasteiger partial charge in [-0.15, -0.1) is 0 Å². The highest BCUT2D eigenvalue weighted by molar-refractivity contribution is 9.10. The Morgan fingerprint density at radius 3 is 2.92 bits per heavy atom. The van der Waals surface area contributed by atoms with Crippen LogP contribution in [0.25, 0.3) is 0 Å². The summed E-state index contributed by atoms with van der Waals surface area (Å²) in [5, 5.41) is 17.7.